The molecule has 2 saturated carbocycles. The fraction of sp³-hybridized carbons (Fsp3) is 0.565. The van der Waals surface area contributed by atoms with E-state index in [0.29, 0.717) is 29.0 Å². The van der Waals surface area contributed by atoms with Crippen molar-refractivity contribution in [3.63, 3.8) is 0 Å². The summed E-state index contributed by atoms with van der Waals surface area (Å²) in [5.41, 5.74) is 2.27. The van der Waals surface area contributed by atoms with E-state index < -0.39 is 0 Å². The van der Waals surface area contributed by atoms with Crippen LogP contribution in [0.2, 0.25) is 0 Å². The normalized spacial score (nSPS) is 21.4. The Labute approximate surface area is 181 Å². The summed E-state index contributed by atoms with van der Waals surface area (Å²) in [5, 5.41) is 0. The first-order valence-corrected chi connectivity index (χ1v) is 11.3. The smallest absolute Gasteiger partial charge is 0.245 e. The van der Waals surface area contributed by atoms with Crippen molar-refractivity contribution in [2.75, 3.05) is 0 Å². The minimum Gasteiger partial charge on any atom is -0.473 e. The number of fused-ring (bicyclic) bond motifs is 1. The molecule has 8 nitrogen and oxygen atoms in total. The van der Waals surface area contributed by atoms with E-state index in [1.54, 1.807) is 18.7 Å². The van der Waals surface area contributed by atoms with Crippen molar-refractivity contribution in [3.05, 3.63) is 24.5 Å². The van der Waals surface area contributed by atoms with Gasteiger partial charge in [0.2, 0.25) is 5.88 Å². The Bertz CT molecular complexity index is 1080. The lowest BCUT2D eigenvalue weighted by molar-refractivity contribution is -0.121. The van der Waals surface area contributed by atoms with Gasteiger partial charge in [-0.2, -0.15) is 4.98 Å². The first-order valence-electron chi connectivity index (χ1n) is 11.3. The van der Waals surface area contributed by atoms with Gasteiger partial charge in [-0.1, -0.05) is 0 Å². The van der Waals surface area contributed by atoms with E-state index in [4.69, 9.17) is 9.72 Å². The number of hydrogen-bond acceptors (Lipinski definition) is 7. The largest absolute Gasteiger partial charge is 0.473 e. The quantitative estimate of drug-likeness (QED) is 0.571. The zero-order chi connectivity index (χ0) is 21.4. The predicted octanol–water partition coefficient (Wildman–Crippen LogP) is 3.92. The fourth-order valence-corrected chi connectivity index (χ4v) is 4.50. The number of carbonyl (C=O) groups excluding carboxylic acids is 1. The molecule has 0 atom stereocenters. The molecule has 0 amide bonds. The summed E-state index contributed by atoms with van der Waals surface area (Å²) >= 11 is 0. The van der Waals surface area contributed by atoms with Gasteiger partial charge in [-0.05, 0) is 58.3 Å². The number of aryl methyl sites for hydroxylation is 2. The predicted molar refractivity (Wildman–Crippen MR) is 115 cm³/mol. The van der Waals surface area contributed by atoms with Crippen LogP contribution in [-0.2, 0) is 11.3 Å². The molecular weight excluding hydrogens is 392 g/mol. The molecule has 0 spiro atoms. The minimum absolute atomic E-state index is 0.100. The molecule has 5 rings (SSSR count). The van der Waals surface area contributed by atoms with Crippen LogP contribution in [0, 0.1) is 18.8 Å². The van der Waals surface area contributed by atoms with Gasteiger partial charge in [0, 0.05) is 31.3 Å². The molecule has 3 aromatic heterocycles. The van der Waals surface area contributed by atoms with Crippen LogP contribution >= 0.6 is 0 Å². The number of Topliss-reactive ketones (excluding diaryl/α,β-unsaturated/α-hetero) is 1. The number of ether oxygens (including phenoxy) is 1. The number of nitrogens with zero attached hydrogens (tertiary/aromatic N) is 6. The van der Waals surface area contributed by atoms with E-state index in [2.05, 4.69) is 26.9 Å². The molecule has 0 N–H and O–H groups in total. The van der Waals surface area contributed by atoms with Gasteiger partial charge >= 0.3 is 0 Å². The van der Waals surface area contributed by atoms with Crippen molar-refractivity contribution in [2.24, 2.45) is 11.8 Å². The molecular formula is C23H28N6O2. The van der Waals surface area contributed by atoms with E-state index in [0.717, 1.165) is 74.3 Å². The lowest BCUT2D eigenvalue weighted by atomic mass is 9.83. The van der Waals surface area contributed by atoms with E-state index in [9.17, 15) is 4.79 Å². The maximum Gasteiger partial charge on any atom is 0.245 e. The summed E-state index contributed by atoms with van der Waals surface area (Å²) in [6.07, 6.45) is 12.1. The summed E-state index contributed by atoms with van der Waals surface area (Å²) in [6.45, 7) is 4.64. The summed E-state index contributed by atoms with van der Waals surface area (Å²) in [6, 6.07) is 0. The van der Waals surface area contributed by atoms with Crippen LogP contribution < -0.4 is 4.74 Å². The molecule has 162 valence electrons. The molecule has 0 saturated heterocycles. The minimum atomic E-state index is 0.100. The topological polar surface area (TPSA) is 95.7 Å². The summed E-state index contributed by atoms with van der Waals surface area (Å²) in [5.74, 6) is 3.37. The van der Waals surface area contributed by atoms with E-state index in [1.807, 2.05) is 11.5 Å². The van der Waals surface area contributed by atoms with Crippen molar-refractivity contribution < 1.29 is 9.53 Å². The number of rotatable bonds is 7. The summed E-state index contributed by atoms with van der Waals surface area (Å²) < 4.78 is 8.35. The van der Waals surface area contributed by atoms with Gasteiger partial charge in [0.05, 0.1) is 5.56 Å². The highest BCUT2D eigenvalue weighted by Gasteiger charge is 2.32. The molecule has 0 radical (unpaired) electrons. The van der Waals surface area contributed by atoms with Crippen LogP contribution in [0.25, 0.3) is 22.6 Å². The van der Waals surface area contributed by atoms with E-state index in [1.165, 1.54) is 0 Å². The number of ketones is 1. The lowest BCUT2D eigenvalue weighted by Gasteiger charge is -2.28. The second-order valence-electron chi connectivity index (χ2n) is 8.75. The van der Waals surface area contributed by atoms with E-state index >= 15 is 0 Å². The Morgan fingerprint density at radius 3 is 2.48 bits per heavy atom. The monoisotopic (exact) mass is 420 g/mol. The average Bonchev–Trinajstić information content (AvgIpc) is 3.57. The van der Waals surface area contributed by atoms with Gasteiger partial charge in [-0.3, -0.25) is 4.79 Å². The number of aromatic nitrogens is 6. The number of hydrogen-bond donors (Lipinski definition) is 0. The molecule has 2 fully saturated rings. The second kappa shape index (κ2) is 8.32. The van der Waals surface area contributed by atoms with Gasteiger partial charge in [0.15, 0.2) is 11.2 Å². The van der Waals surface area contributed by atoms with Crippen LogP contribution in [0.5, 0.6) is 5.88 Å². The second-order valence-corrected chi connectivity index (χ2v) is 8.75. The van der Waals surface area contributed by atoms with Crippen molar-refractivity contribution >= 4 is 16.9 Å². The number of imidazole rings is 1. The van der Waals surface area contributed by atoms with Crippen LogP contribution in [0.15, 0.2) is 18.7 Å². The lowest BCUT2D eigenvalue weighted by Crippen LogP contribution is -2.26. The Morgan fingerprint density at radius 1 is 1.06 bits per heavy atom. The third-order valence-electron chi connectivity index (χ3n) is 6.45. The molecule has 3 aromatic rings. The van der Waals surface area contributed by atoms with Gasteiger partial charge in [0.25, 0.3) is 0 Å². The van der Waals surface area contributed by atoms with Gasteiger partial charge in [0.1, 0.15) is 29.9 Å². The SMILES string of the molecule is CCn1c(-c2cnc(C)nc2)nc2c(OC3CCC(CC(=O)C4CC4)CC3)ncnc21. The third-order valence-corrected chi connectivity index (χ3v) is 6.45. The Morgan fingerprint density at radius 2 is 1.81 bits per heavy atom. The highest BCUT2D eigenvalue weighted by Crippen LogP contribution is 2.36. The first kappa shape index (κ1) is 20.0. The van der Waals surface area contributed by atoms with Gasteiger partial charge in [-0.25, -0.2) is 19.9 Å². The highest BCUT2D eigenvalue weighted by molar-refractivity contribution is 5.83. The van der Waals surface area contributed by atoms with Crippen molar-refractivity contribution in [2.45, 2.75) is 71.4 Å². The van der Waals surface area contributed by atoms with Crippen molar-refractivity contribution in [1.82, 2.24) is 29.5 Å². The molecule has 0 bridgehead atoms. The van der Waals surface area contributed by atoms with Crippen molar-refractivity contribution in [1.29, 1.82) is 0 Å². The summed E-state index contributed by atoms with van der Waals surface area (Å²) in [7, 11) is 0. The third kappa shape index (κ3) is 4.16. The maximum atomic E-state index is 12.1. The maximum absolute atomic E-state index is 12.1. The Balaban J connectivity index is 1.33. The summed E-state index contributed by atoms with van der Waals surface area (Å²) in [4.78, 5) is 34.4. The molecule has 8 heteroatoms. The number of carbonyl (C=O) groups is 1. The fourth-order valence-electron chi connectivity index (χ4n) is 4.50. The molecule has 31 heavy (non-hydrogen) atoms. The van der Waals surface area contributed by atoms with Crippen molar-refractivity contribution in [3.8, 4) is 17.3 Å². The zero-order valence-electron chi connectivity index (χ0n) is 18.1. The Kier molecular flexibility index (Phi) is 5.38. The first-order chi connectivity index (χ1) is 15.1. The molecule has 0 unspecified atom stereocenters. The molecule has 0 aliphatic heterocycles. The molecule has 2 aliphatic rings. The standard InChI is InChI=1S/C23H28N6O2/c1-3-29-21(17-11-24-14(2)25-12-17)28-20-22(29)26-13-27-23(20)31-18-8-4-15(5-9-18)10-19(30)16-6-7-16/h11-13,15-16,18H,3-10H2,1-2H3. The van der Waals surface area contributed by atoms with E-state index in [-0.39, 0.29) is 6.10 Å². The average molecular weight is 421 g/mol. The highest BCUT2D eigenvalue weighted by atomic mass is 16.5. The zero-order valence-corrected chi connectivity index (χ0v) is 18.1. The van der Waals surface area contributed by atoms with Crippen LogP contribution in [0.3, 0.4) is 0 Å². The van der Waals surface area contributed by atoms with Crippen LogP contribution in [0.1, 0.15) is 57.7 Å². The molecule has 2 aliphatic carbocycles. The van der Waals surface area contributed by atoms with Gasteiger partial charge in [-0.15, -0.1) is 0 Å². The van der Waals surface area contributed by atoms with Gasteiger partial charge < -0.3 is 9.30 Å². The van der Waals surface area contributed by atoms with Crippen LogP contribution in [0.4, 0.5) is 0 Å². The molecule has 0 aromatic carbocycles. The Hall–Kier alpha value is -2.90. The molecule has 3 heterocycles. The van der Waals surface area contributed by atoms with Crippen LogP contribution in [-0.4, -0.2) is 41.4 Å².